The number of carbonyl (C=O) groups is 1. The van der Waals surface area contributed by atoms with Crippen molar-refractivity contribution in [2.75, 3.05) is 32.1 Å². The Hall–Kier alpha value is -2.05. The van der Waals surface area contributed by atoms with Crippen LogP contribution in [0.1, 0.15) is 17.7 Å². The van der Waals surface area contributed by atoms with Crippen molar-refractivity contribution in [3.8, 4) is 5.75 Å². The molecule has 1 fully saturated rings. The summed E-state index contributed by atoms with van der Waals surface area (Å²) >= 11 is 1.67. The Bertz CT molecular complexity index is 658. The smallest absolute Gasteiger partial charge is 0.234 e. The van der Waals surface area contributed by atoms with E-state index in [9.17, 15) is 4.79 Å². The standard InChI is InChI=1S/C19H25N3O2S/c1-24-17-8-6-15(7-9-17)21-16-4-2-10-22(13-16)14-19(23)20-12-18-5-3-11-25-18/h3,5-9,11,16,21H,2,4,10,12-14H2,1H3,(H,20,23)/t16-/m1/s1. The minimum Gasteiger partial charge on any atom is -0.497 e. The number of rotatable bonds is 7. The van der Waals surface area contributed by atoms with E-state index < -0.39 is 0 Å². The van der Waals surface area contributed by atoms with Gasteiger partial charge in [0.1, 0.15) is 5.75 Å². The Balaban J connectivity index is 1.44. The fourth-order valence-electron chi connectivity index (χ4n) is 3.10. The fourth-order valence-corrected chi connectivity index (χ4v) is 3.74. The molecule has 2 N–H and O–H groups in total. The molecule has 6 heteroatoms. The molecule has 0 spiro atoms. The summed E-state index contributed by atoms with van der Waals surface area (Å²) in [6, 6.07) is 12.4. The molecule has 0 bridgehead atoms. The van der Waals surface area contributed by atoms with Crippen LogP contribution in [0.3, 0.4) is 0 Å². The zero-order chi connectivity index (χ0) is 17.5. The van der Waals surface area contributed by atoms with Crippen molar-refractivity contribution in [3.63, 3.8) is 0 Å². The Morgan fingerprint density at radius 3 is 2.88 bits per heavy atom. The lowest BCUT2D eigenvalue weighted by Gasteiger charge is -2.33. The maximum atomic E-state index is 12.2. The molecule has 1 aliphatic rings. The van der Waals surface area contributed by atoms with Gasteiger partial charge in [0, 0.05) is 23.2 Å². The molecule has 2 heterocycles. The topological polar surface area (TPSA) is 53.6 Å². The van der Waals surface area contributed by atoms with Crippen LogP contribution in [0.2, 0.25) is 0 Å². The second-order valence-corrected chi connectivity index (χ2v) is 7.34. The van der Waals surface area contributed by atoms with Crippen molar-refractivity contribution in [2.24, 2.45) is 0 Å². The minimum absolute atomic E-state index is 0.0958. The summed E-state index contributed by atoms with van der Waals surface area (Å²) in [7, 11) is 1.67. The molecule has 134 valence electrons. The SMILES string of the molecule is COc1ccc(N[C@@H]2CCCN(CC(=O)NCc3cccs3)C2)cc1. The number of hydrogen-bond acceptors (Lipinski definition) is 5. The summed E-state index contributed by atoms with van der Waals surface area (Å²) in [5, 5.41) is 8.60. The number of amides is 1. The quantitative estimate of drug-likeness (QED) is 0.798. The molecule has 25 heavy (non-hydrogen) atoms. The van der Waals surface area contributed by atoms with Crippen LogP contribution in [0.15, 0.2) is 41.8 Å². The van der Waals surface area contributed by atoms with Gasteiger partial charge in [-0.1, -0.05) is 6.07 Å². The molecule has 1 saturated heterocycles. The highest BCUT2D eigenvalue weighted by molar-refractivity contribution is 7.09. The molecule has 5 nitrogen and oxygen atoms in total. The Morgan fingerprint density at radius 2 is 2.16 bits per heavy atom. The molecule has 0 saturated carbocycles. The van der Waals surface area contributed by atoms with E-state index in [-0.39, 0.29) is 5.91 Å². The number of carbonyl (C=O) groups excluding carboxylic acids is 1. The molecule has 1 aromatic heterocycles. The van der Waals surface area contributed by atoms with Gasteiger partial charge in [-0.05, 0) is 55.1 Å². The van der Waals surface area contributed by atoms with Gasteiger partial charge in [0.25, 0.3) is 0 Å². The molecule has 1 aromatic carbocycles. The number of methoxy groups -OCH3 is 1. The van der Waals surface area contributed by atoms with E-state index in [1.807, 2.05) is 41.8 Å². The fraction of sp³-hybridized carbons (Fsp3) is 0.421. The second kappa shape index (κ2) is 8.87. The zero-order valence-electron chi connectivity index (χ0n) is 14.5. The third kappa shape index (κ3) is 5.47. The molecule has 2 aromatic rings. The van der Waals surface area contributed by atoms with Gasteiger partial charge < -0.3 is 15.4 Å². The summed E-state index contributed by atoms with van der Waals surface area (Å²) < 4.78 is 5.19. The van der Waals surface area contributed by atoms with E-state index in [1.54, 1.807) is 18.4 Å². The van der Waals surface area contributed by atoms with E-state index in [0.717, 1.165) is 37.4 Å². The summed E-state index contributed by atoms with van der Waals surface area (Å²) in [4.78, 5) is 15.6. The molecule has 0 radical (unpaired) electrons. The van der Waals surface area contributed by atoms with Crippen LogP contribution in [0, 0.1) is 0 Å². The van der Waals surface area contributed by atoms with E-state index in [4.69, 9.17) is 4.74 Å². The molecule has 1 amide bonds. The number of anilines is 1. The average molecular weight is 359 g/mol. The third-order valence-corrected chi connectivity index (χ3v) is 5.25. The first-order chi connectivity index (χ1) is 12.2. The highest BCUT2D eigenvalue weighted by Gasteiger charge is 2.21. The number of ether oxygens (including phenoxy) is 1. The third-order valence-electron chi connectivity index (χ3n) is 4.37. The van der Waals surface area contributed by atoms with Gasteiger partial charge >= 0.3 is 0 Å². The van der Waals surface area contributed by atoms with E-state index in [2.05, 4.69) is 15.5 Å². The summed E-state index contributed by atoms with van der Waals surface area (Å²) in [5.41, 5.74) is 1.09. The summed E-state index contributed by atoms with van der Waals surface area (Å²) in [5.74, 6) is 0.955. The average Bonchev–Trinajstić information content (AvgIpc) is 3.15. The van der Waals surface area contributed by atoms with Crippen LogP contribution in [0.25, 0.3) is 0 Å². The summed E-state index contributed by atoms with van der Waals surface area (Å²) in [6.07, 6.45) is 2.23. The number of hydrogen-bond donors (Lipinski definition) is 2. The van der Waals surface area contributed by atoms with Crippen LogP contribution in [-0.4, -0.2) is 43.6 Å². The van der Waals surface area contributed by atoms with Crippen LogP contribution >= 0.6 is 11.3 Å². The van der Waals surface area contributed by atoms with E-state index >= 15 is 0 Å². The van der Waals surface area contributed by atoms with Gasteiger partial charge in [0.05, 0.1) is 20.2 Å². The molecule has 3 rings (SSSR count). The van der Waals surface area contributed by atoms with Crippen LogP contribution in [0.4, 0.5) is 5.69 Å². The highest BCUT2D eigenvalue weighted by Crippen LogP contribution is 2.19. The number of thiophene rings is 1. The number of likely N-dealkylation sites (tertiary alicyclic amines) is 1. The second-order valence-electron chi connectivity index (χ2n) is 6.30. The predicted molar refractivity (Wildman–Crippen MR) is 102 cm³/mol. The van der Waals surface area contributed by atoms with Crippen LogP contribution in [-0.2, 0) is 11.3 Å². The minimum atomic E-state index is 0.0958. The van der Waals surface area contributed by atoms with Gasteiger partial charge in [-0.3, -0.25) is 9.69 Å². The van der Waals surface area contributed by atoms with Gasteiger partial charge in [0.15, 0.2) is 0 Å². The van der Waals surface area contributed by atoms with Crippen molar-refractivity contribution < 1.29 is 9.53 Å². The van der Waals surface area contributed by atoms with Gasteiger partial charge in [-0.2, -0.15) is 0 Å². The Kier molecular flexibility index (Phi) is 6.30. The van der Waals surface area contributed by atoms with Crippen LogP contribution < -0.4 is 15.4 Å². The number of nitrogens with zero attached hydrogens (tertiary/aromatic N) is 1. The molecule has 0 aliphatic carbocycles. The number of piperidine rings is 1. The lowest BCUT2D eigenvalue weighted by atomic mass is 10.1. The molecular weight excluding hydrogens is 334 g/mol. The van der Waals surface area contributed by atoms with E-state index in [0.29, 0.717) is 19.1 Å². The first-order valence-corrected chi connectivity index (χ1v) is 9.53. The van der Waals surface area contributed by atoms with Crippen molar-refractivity contribution >= 4 is 22.9 Å². The van der Waals surface area contributed by atoms with Gasteiger partial charge in [0.2, 0.25) is 5.91 Å². The number of benzene rings is 1. The zero-order valence-corrected chi connectivity index (χ0v) is 15.3. The van der Waals surface area contributed by atoms with Crippen molar-refractivity contribution in [2.45, 2.75) is 25.4 Å². The van der Waals surface area contributed by atoms with Gasteiger partial charge in [-0.15, -0.1) is 11.3 Å². The monoisotopic (exact) mass is 359 g/mol. The first kappa shape index (κ1) is 17.8. The Labute approximate surface area is 153 Å². The van der Waals surface area contributed by atoms with Crippen molar-refractivity contribution in [3.05, 3.63) is 46.7 Å². The lowest BCUT2D eigenvalue weighted by molar-refractivity contribution is -0.122. The number of nitrogens with one attached hydrogen (secondary N) is 2. The maximum Gasteiger partial charge on any atom is 0.234 e. The first-order valence-electron chi connectivity index (χ1n) is 8.65. The maximum absolute atomic E-state index is 12.2. The lowest BCUT2D eigenvalue weighted by Crippen LogP contribution is -2.46. The Morgan fingerprint density at radius 1 is 1.32 bits per heavy atom. The largest absolute Gasteiger partial charge is 0.497 e. The van der Waals surface area contributed by atoms with Crippen molar-refractivity contribution in [1.82, 2.24) is 10.2 Å². The van der Waals surface area contributed by atoms with Crippen molar-refractivity contribution in [1.29, 1.82) is 0 Å². The van der Waals surface area contributed by atoms with E-state index in [1.165, 1.54) is 4.88 Å². The molecular formula is C19H25N3O2S. The summed E-state index contributed by atoms with van der Waals surface area (Å²) in [6.45, 7) is 2.95. The van der Waals surface area contributed by atoms with Crippen LogP contribution in [0.5, 0.6) is 5.75 Å². The molecule has 0 unspecified atom stereocenters. The molecule has 1 atom stereocenters. The highest BCUT2D eigenvalue weighted by atomic mass is 32.1. The molecule has 1 aliphatic heterocycles. The predicted octanol–water partition coefficient (Wildman–Crippen LogP) is 2.95. The normalized spacial score (nSPS) is 17.9. The van der Waals surface area contributed by atoms with Gasteiger partial charge in [-0.25, -0.2) is 0 Å².